The molecule has 1 saturated heterocycles. The quantitative estimate of drug-likeness (QED) is 0.889. The largest absolute Gasteiger partial charge is 0.401 e. The molecule has 3 nitrogen and oxygen atoms in total. The SMILES string of the molecule is CC(O)c1ccc(N2CCN(CC(F)(F)F)CC2)c(Br)c1. The molecule has 1 atom stereocenters. The van der Waals surface area contributed by atoms with Gasteiger partial charge in [0.25, 0.3) is 0 Å². The zero-order valence-corrected chi connectivity index (χ0v) is 13.3. The zero-order chi connectivity index (χ0) is 15.6. The molecule has 1 aliphatic heterocycles. The second kappa shape index (κ2) is 6.54. The summed E-state index contributed by atoms with van der Waals surface area (Å²) in [6.07, 6.45) is -4.68. The van der Waals surface area contributed by atoms with Crippen LogP contribution in [0.5, 0.6) is 0 Å². The molecule has 1 unspecified atom stereocenters. The summed E-state index contributed by atoms with van der Waals surface area (Å²) in [6.45, 7) is 2.75. The average molecular weight is 367 g/mol. The summed E-state index contributed by atoms with van der Waals surface area (Å²) in [4.78, 5) is 3.48. The highest BCUT2D eigenvalue weighted by atomic mass is 79.9. The van der Waals surface area contributed by atoms with Gasteiger partial charge >= 0.3 is 6.18 Å². The van der Waals surface area contributed by atoms with Gasteiger partial charge in [-0.2, -0.15) is 13.2 Å². The maximum atomic E-state index is 12.4. The van der Waals surface area contributed by atoms with E-state index in [0.29, 0.717) is 26.2 Å². The summed E-state index contributed by atoms with van der Waals surface area (Å²) in [5.74, 6) is 0. The van der Waals surface area contributed by atoms with Gasteiger partial charge in [0.2, 0.25) is 0 Å². The highest BCUT2D eigenvalue weighted by molar-refractivity contribution is 9.10. The molecule has 1 aromatic carbocycles. The minimum atomic E-state index is -4.14. The van der Waals surface area contributed by atoms with E-state index in [-0.39, 0.29) is 0 Å². The van der Waals surface area contributed by atoms with Crippen LogP contribution >= 0.6 is 15.9 Å². The van der Waals surface area contributed by atoms with Crippen LogP contribution in [0.2, 0.25) is 0 Å². The van der Waals surface area contributed by atoms with Gasteiger partial charge in [0, 0.05) is 30.7 Å². The van der Waals surface area contributed by atoms with Crippen LogP contribution in [0, 0.1) is 0 Å². The smallest absolute Gasteiger partial charge is 0.389 e. The minimum Gasteiger partial charge on any atom is -0.389 e. The van der Waals surface area contributed by atoms with Gasteiger partial charge in [0.1, 0.15) is 0 Å². The number of alkyl halides is 3. The molecule has 0 spiro atoms. The molecule has 118 valence electrons. The van der Waals surface area contributed by atoms with Crippen molar-refractivity contribution < 1.29 is 18.3 Å². The van der Waals surface area contributed by atoms with Gasteiger partial charge in [-0.3, -0.25) is 4.90 Å². The fourth-order valence-corrected chi connectivity index (χ4v) is 3.09. The predicted octanol–water partition coefficient (Wildman–Crippen LogP) is 3.19. The number of aliphatic hydroxyl groups is 1. The number of halogens is 4. The van der Waals surface area contributed by atoms with Gasteiger partial charge in [0.05, 0.1) is 18.3 Å². The molecular weight excluding hydrogens is 349 g/mol. The standard InChI is InChI=1S/C14H18BrF3N2O/c1-10(21)11-2-3-13(12(15)8-11)20-6-4-19(5-7-20)9-14(16,17)18/h2-3,8,10,21H,4-7,9H2,1H3. The molecule has 1 N–H and O–H groups in total. The number of hydrogen-bond donors (Lipinski definition) is 1. The number of hydrogen-bond acceptors (Lipinski definition) is 3. The van der Waals surface area contributed by atoms with Gasteiger partial charge < -0.3 is 10.0 Å². The molecule has 0 saturated carbocycles. The van der Waals surface area contributed by atoms with Gasteiger partial charge in [-0.25, -0.2) is 0 Å². The third kappa shape index (κ3) is 4.59. The molecule has 2 rings (SSSR count). The number of aliphatic hydroxyl groups excluding tert-OH is 1. The summed E-state index contributed by atoms with van der Waals surface area (Å²) in [5, 5.41) is 9.54. The van der Waals surface area contributed by atoms with E-state index in [1.54, 1.807) is 6.92 Å². The lowest BCUT2D eigenvalue weighted by molar-refractivity contribution is -0.146. The summed E-state index contributed by atoms with van der Waals surface area (Å²) in [7, 11) is 0. The highest BCUT2D eigenvalue weighted by Crippen LogP contribution is 2.30. The number of nitrogens with zero attached hydrogens (tertiary/aromatic N) is 2. The molecule has 0 radical (unpaired) electrons. The van der Waals surface area contributed by atoms with Crippen LogP contribution in [0.3, 0.4) is 0 Å². The average Bonchev–Trinajstić information content (AvgIpc) is 2.38. The lowest BCUT2D eigenvalue weighted by Gasteiger charge is -2.36. The van der Waals surface area contributed by atoms with Crippen LogP contribution in [0.25, 0.3) is 0 Å². The highest BCUT2D eigenvalue weighted by Gasteiger charge is 2.32. The number of anilines is 1. The van der Waals surface area contributed by atoms with Crippen molar-refractivity contribution in [1.82, 2.24) is 4.90 Å². The molecule has 0 aliphatic carbocycles. The van der Waals surface area contributed by atoms with E-state index in [2.05, 4.69) is 20.8 Å². The Bertz CT molecular complexity index is 486. The van der Waals surface area contributed by atoms with Crippen LogP contribution in [0.1, 0.15) is 18.6 Å². The predicted molar refractivity (Wildman–Crippen MR) is 79.5 cm³/mol. The normalized spacial score (nSPS) is 18.9. The summed E-state index contributed by atoms with van der Waals surface area (Å²) in [5.41, 5.74) is 1.76. The minimum absolute atomic E-state index is 0.393. The molecule has 1 heterocycles. The Morgan fingerprint density at radius 2 is 1.86 bits per heavy atom. The molecule has 21 heavy (non-hydrogen) atoms. The summed E-state index contributed by atoms with van der Waals surface area (Å²) in [6, 6.07) is 5.58. The zero-order valence-electron chi connectivity index (χ0n) is 11.7. The first kappa shape index (κ1) is 16.6. The lowest BCUT2D eigenvalue weighted by Crippen LogP contribution is -2.49. The topological polar surface area (TPSA) is 26.7 Å². The maximum Gasteiger partial charge on any atom is 0.401 e. The van der Waals surface area contributed by atoms with Crippen LogP contribution in [0.15, 0.2) is 22.7 Å². The fraction of sp³-hybridized carbons (Fsp3) is 0.571. The Hall–Kier alpha value is -0.790. The van der Waals surface area contributed by atoms with Crippen molar-refractivity contribution >= 4 is 21.6 Å². The van der Waals surface area contributed by atoms with E-state index in [1.165, 1.54) is 4.90 Å². The van der Waals surface area contributed by atoms with Crippen LogP contribution < -0.4 is 4.90 Å². The second-order valence-corrected chi connectivity index (χ2v) is 6.12. The van der Waals surface area contributed by atoms with Gasteiger partial charge in [-0.1, -0.05) is 6.07 Å². The van der Waals surface area contributed by atoms with Gasteiger partial charge in [-0.15, -0.1) is 0 Å². The lowest BCUT2D eigenvalue weighted by atomic mass is 10.1. The fourth-order valence-electron chi connectivity index (χ4n) is 2.44. The molecule has 1 fully saturated rings. The van der Waals surface area contributed by atoms with Crippen molar-refractivity contribution in [3.63, 3.8) is 0 Å². The Morgan fingerprint density at radius 3 is 2.33 bits per heavy atom. The number of benzene rings is 1. The Kier molecular flexibility index (Phi) is 5.16. The molecule has 1 aromatic rings. The first-order valence-electron chi connectivity index (χ1n) is 6.78. The summed E-state index contributed by atoms with van der Waals surface area (Å²) >= 11 is 3.47. The van der Waals surface area contributed by atoms with Crippen LogP contribution in [-0.2, 0) is 0 Å². The monoisotopic (exact) mass is 366 g/mol. The first-order chi connectivity index (χ1) is 9.76. The van der Waals surface area contributed by atoms with E-state index in [0.717, 1.165) is 15.7 Å². The number of piperazine rings is 1. The van der Waals surface area contributed by atoms with Crippen molar-refractivity contribution in [3.8, 4) is 0 Å². The Balaban J connectivity index is 1.99. The maximum absolute atomic E-state index is 12.4. The Labute approximate surface area is 130 Å². The van der Waals surface area contributed by atoms with Crippen LogP contribution in [0.4, 0.5) is 18.9 Å². The van der Waals surface area contributed by atoms with E-state index in [1.807, 2.05) is 18.2 Å². The molecule has 1 aliphatic rings. The molecule has 0 amide bonds. The van der Waals surface area contributed by atoms with Gasteiger partial charge in [0.15, 0.2) is 0 Å². The Morgan fingerprint density at radius 1 is 1.24 bits per heavy atom. The summed E-state index contributed by atoms with van der Waals surface area (Å²) < 4.78 is 37.9. The molecule has 7 heteroatoms. The second-order valence-electron chi connectivity index (χ2n) is 5.27. The molecular formula is C14H18BrF3N2O. The van der Waals surface area contributed by atoms with Crippen molar-refractivity contribution in [2.45, 2.75) is 19.2 Å². The van der Waals surface area contributed by atoms with E-state index in [9.17, 15) is 18.3 Å². The van der Waals surface area contributed by atoms with Crippen molar-refractivity contribution in [2.24, 2.45) is 0 Å². The van der Waals surface area contributed by atoms with Crippen molar-refractivity contribution in [2.75, 3.05) is 37.6 Å². The molecule has 0 bridgehead atoms. The van der Waals surface area contributed by atoms with Crippen molar-refractivity contribution in [3.05, 3.63) is 28.2 Å². The third-order valence-electron chi connectivity index (χ3n) is 3.57. The van der Waals surface area contributed by atoms with E-state index in [4.69, 9.17) is 0 Å². The van der Waals surface area contributed by atoms with E-state index >= 15 is 0 Å². The van der Waals surface area contributed by atoms with Gasteiger partial charge in [-0.05, 0) is 40.5 Å². The number of rotatable bonds is 3. The molecule has 0 aromatic heterocycles. The first-order valence-corrected chi connectivity index (χ1v) is 7.57. The third-order valence-corrected chi connectivity index (χ3v) is 4.21. The van der Waals surface area contributed by atoms with Crippen LogP contribution in [-0.4, -0.2) is 48.9 Å². The van der Waals surface area contributed by atoms with Crippen molar-refractivity contribution in [1.29, 1.82) is 0 Å². The van der Waals surface area contributed by atoms with E-state index < -0.39 is 18.8 Å².